The van der Waals surface area contributed by atoms with E-state index in [0.717, 1.165) is 6.42 Å². The zero-order chi connectivity index (χ0) is 37.2. The second-order valence-electron chi connectivity index (χ2n) is 14.6. The number of anilines is 2. The fraction of sp³-hybridized carbons (Fsp3) is 0.487. The molecular weight excluding hydrogens is 656 g/mol. The highest BCUT2D eigenvalue weighted by Crippen LogP contribution is 2.38. The molecule has 51 heavy (non-hydrogen) atoms. The third-order valence-electron chi connectivity index (χ3n) is 9.80. The summed E-state index contributed by atoms with van der Waals surface area (Å²) in [6.07, 6.45) is 0.289. The minimum absolute atomic E-state index is 0.124. The average Bonchev–Trinajstić information content (AvgIpc) is 3.04. The molecular formula is C39H48N2O10. The zero-order valence-electron chi connectivity index (χ0n) is 30.7. The summed E-state index contributed by atoms with van der Waals surface area (Å²) >= 11 is 0. The van der Waals surface area contributed by atoms with E-state index >= 15 is 0 Å². The van der Waals surface area contributed by atoms with Crippen LogP contribution >= 0.6 is 0 Å². The smallest absolute Gasteiger partial charge is 0.360 e. The molecule has 0 aliphatic carbocycles. The Labute approximate surface area is 296 Å². The molecule has 2 amide bonds. The van der Waals surface area contributed by atoms with Gasteiger partial charge in [-0.15, -0.1) is 0 Å². The summed E-state index contributed by atoms with van der Waals surface area (Å²) in [5.74, 6) is 2.49. The summed E-state index contributed by atoms with van der Waals surface area (Å²) in [4.78, 5) is 46.3. The Morgan fingerprint density at radius 1 is 0.686 bits per heavy atom. The number of fused-ring (bicyclic) bond motifs is 2. The lowest BCUT2D eigenvalue weighted by Gasteiger charge is -2.43. The van der Waals surface area contributed by atoms with E-state index in [4.69, 9.17) is 27.8 Å². The standard InChI is InChI=1S/C20H25NO5.C19H23NO5/c1-11-10-20(4,5)26-19(12(11)2)24-15-7-6-14-8-16(21-13(3)22)18(23)25-17(14)9-15;1-10-9-23-19(12(3)11(10)2)24-15-6-5-14-7-16(20-13(4)21)18(22)25-17(14)8-15/h6-9,11-12,19H,10H2,1-5H3,(H,21,22);5-8,10-12,19H,9H2,1-4H3,(H,20,21)/t11-,12?,19+;10-,11-,12?,19-/m00/s1. The minimum Gasteiger partial charge on any atom is -0.465 e. The maximum absolute atomic E-state index is 12.0. The minimum atomic E-state index is -0.595. The van der Waals surface area contributed by atoms with Gasteiger partial charge in [0.05, 0.1) is 12.2 Å². The van der Waals surface area contributed by atoms with Crippen molar-refractivity contribution in [1.29, 1.82) is 0 Å². The number of rotatable bonds is 6. The molecule has 6 rings (SSSR count). The van der Waals surface area contributed by atoms with Crippen LogP contribution in [0.2, 0.25) is 0 Å². The third kappa shape index (κ3) is 9.17. The van der Waals surface area contributed by atoms with Crippen LogP contribution in [-0.2, 0) is 19.1 Å². The molecule has 0 radical (unpaired) electrons. The fourth-order valence-corrected chi connectivity index (χ4v) is 6.44. The van der Waals surface area contributed by atoms with Crippen molar-refractivity contribution in [3.05, 3.63) is 69.4 Å². The zero-order valence-corrected chi connectivity index (χ0v) is 30.7. The lowest BCUT2D eigenvalue weighted by atomic mass is 9.82. The van der Waals surface area contributed by atoms with Gasteiger partial charge in [0, 0.05) is 48.6 Å². The SMILES string of the molecule is CC(=O)Nc1cc2ccc(O[C@@H]3OC(C)(C)C[C@H](C)C3C)cc2oc1=O.CC(=O)Nc1cc2ccc(O[C@@H]3OC[C@H](C)[C@H](C)C3C)cc2oc1=O. The first-order valence-electron chi connectivity index (χ1n) is 17.3. The molecule has 2 aliphatic heterocycles. The van der Waals surface area contributed by atoms with Crippen molar-refractivity contribution in [3.63, 3.8) is 0 Å². The average molecular weight is 705 g/mol. The second-order valence-corrected chi connectivity index (χ2v) is 14.6. The number of amides is 2. The molecule has 2 aromatic heterocycles. The number of ether oxygens (including phenoxy) is 4. The molecule has 4 heterocycles. The Morgan fingerprint density at radius 2 is 1.18 bits per heavy atom. The summed E-state index contributed by atoms with van der Waals surface area (Å²) in [7, 11) is 0. The van der Waals surface area contributed by atoms with E-state index in [-0.39, 0.29) is 53.2 Å². The molecule has 7 atom stereocenters. The summed E-state index contributed by atoms with van der Waals surface area (Å²) < 4.78 is 34.6. The molecule has 2 aliphatic rings. The van der Waals surface area contributed by atoms with Gasteiger partial charge in [0.15, 0.2) is 0 Å². The lowest BCUT2D eigenvalue weighted by molar-refractivity contribution is -0.225. The topological polar surface area (TPSA) is 156 Å². The Morgan fingerprint density at radius 3 is 1.67 bits per heavy atom. The van der Waals surface area contributed by atoms with Crippen LogP contribution in [0.4, 0.5) is 11.4 Å². The van der Waals surface area contributed by atoms with Gasteiger partial charge < -0.3 is 38.4 Å². The van der Waals surface area contributed by atoms with Gasteiger partial charge in [-0.3, -0.25) is 9.59 Å². The molecule has 2 saturated heterocycles. The van der Waals surface area contributed by atoms with E-state index in [9.17, 15) is 19.2 Å². The molecule has 0 saturated carbocycles. The number of hydrogen-bond donors (Lipinski definition) is 2. The first kappa shape index (κ1) is 37.6. The number of nitrogens with one attached hydrogen (secondary N) is 2. The molecule has 0 spiro atoms. The van der Waals surface area contributed by atoms with Crippen LogP contribution in [0.1, 0.15) is 68.7 Å². The Kier molecular flexibility index (Phi) is 11.3. The van der Waals surface area contributed by atoms with Crippen molar-refractivity contribution in [3.8, 4) is 11.5 Å². The molecule has 274 valence electrons. The predicted molar refractivity (Wildman–Crippen MR) is 194 cm³/mol. The van der Waals surface area contributed by atoms with Crippen molar-refractivity contribution < 1.29 is 37.4 Å². The van der Waals surface area contributed by atoms with Gasteiger partial charge in [0.2, 0.25) is 24.4 Å². The normalized spacial score (nSPS) is 25.7. The van der Waals surface area contributed by atoms with Crippen LogP contribution < -0.4 is 31.4 Å². The monoisotopic (exact) mass is 704 g/mol. The highest BCUT2D eigenvalue weighted by molar-refractivity contribution is 5.92. The molecule has 2 fully saturated rings. The third-order valence-corrected chi connectivity index (χ3v) is 9.80. The maximum atomic E-state index is 12.0. The summed E-state index contributed by atoms with van der Waals surface area (Å²) in [6.45, 7) is 18.3. The van der Waals surface area contributed by atoms with Crippen molar-refractivity contribution >= 4 is 45.1 Å². The molecule has 4 aromatic rings. The van der Waals surface area contributed by atoms with Crippen LogP contribution in [0.5, 0.6) is 11.5 Å². The van der Waals surface area contributed by atoms with E-state index in [1.807, 2.05) is 6.07 Å². The summed E-state index contributed by atoms with van der Waals surface area (Å²) in [5.41, 5.74) is -0.377. The summed E-state index contributed by atoms with van der Waals surface area (Å²) in [5, 5.41) is 6.34. The molecule has 2 N–H and O–H groups in total. The van der Waals surface area contributed by atoms with Gasteiger partial charge >= 0.3 is 11.3 Å². The van der Waals surface area contributed by atoms with Gasteiger partial charge in [0.1, 0.15) is 34.0 Å². The van der Waals surface area contributed by atoms with Crippen molar-refractivity contribution in [2.45, 2.75) is 86.9 Å². The van der Waals surface area contributed by atoms with Crippen LogP contribution in [0, 0.1) is 29.6 Å². The quantitative estimate of drug-likeness (QED) is 0.195. The van der Waals surface area contributed by atoms with Gasteiger partial charge in [-0.25, -0.2) is 9.59 Å². The molecule has 0 bridgehead atoms. The van der Waals surface area contributed by atoms with Crippen molar-refractivity contribution in [2.75, 3.05) is 17.2 Å². The number of hydrogen-bond acceptors (Lipinski definition) is 10. The molecule has 12 heteroatoms. The Bertz CT molecular complexity index is 2020. The maximum Gasteiger partial charge on any atom is 0.360 e. The number of benzene rings is 2. The molecule has 12 nitrogen and oxygen atoms in total. The Balaban J connectivity index is 0.000000198. The fourth-order valence-electron chi connectivity index (χ4n) is 6.44. The van der Waals surface area contributed by atoms with E-state index in [0.29, 0.717) is 57.8 Å². The van der Waals surface area contributed by atoms with Gasteiger partial charge in [-0.1, -0.05) is 34.6 Å². The van der Waals surface area contributed by atoms with E-state index < -0.39 is 11.3 Å². The molecule has 2 aromatic carbocycles. The largest absolute Gasteiger partial charge is 0.465 e. The number of carbonyl (C=O) groups is 2. The van der Waals surface area contributed by atoms with Crippen LogP contribution in [0.3, 0.4) is 0 Å². The van der Waals surface area contributed by atoms with Crippen molar-refractivity contribution in [1.82, 2.24) is 0 Å². The first-order valence-corrected chi connectivity index (χ1v) is 17.3. The van der Waals surface area contributed by atoms with E-state index in [1.54, 1.807) is 42.5 Å². The van der Waals surface area contributed by atoms with E-state index in [1.165, 1.54) is 13.8 Å². The first-order chi connectivity index (χ1) is 24.0. The predicted octanol–water partition coefficient (Wildman–Crippen LogP) is 7.32. The number of carbonyl (C=O) groups excluding carboxylic acids is 2. The van der Waals surface area contributed by atoms with Crippen molar-refractivity contribution in [2.24, 2.45) is 29.6 Å². The summed E-state index contributed by atoms with van der Waals surface area (Å²) in [6, 6.07) is 13.7. The van der Waals surface area contributed by atoms with Gasteiger partial charge in [-0.2, -0.15) is 0 Å². The molecule has 2 unspecified atom stereocenters. The van der Waals surface area contributed by atoms with Crippen LogP contribution in [-0.4, -0.2) is 36.6 Å². The van der Waals surface area contributed by atoms with Crippen LogP contribution in [0.25, 0.3) is 21.9 Å². The lowest BCUT2D eigenvalue weighted by Crippen LogP contribution is -2.46. The second kappa shape index (κ2) is 15.3. The highest BCUT2D eigenvalue weighted by atomic mass is 16.7. The Hall–Kier alpha value is -4.68. The van der Waals surface area contributed by atoms with E-state index in [2.05, 4.69) is 59.1 Å². The van der Waals surface area contributed by atoms with Crippen LogP contribution in [0.15, 0.2) is 67.0 Å². The van der Waals surface area contributed by atoms with Gasteiger partial charge in [0.25, 0.3) is 0 Å². The highest BCUT2D eigenvalue weighted by Gasteiger charge is 2.39. The van der Waals surface area contributed by atoms with Gasteiger partial charge in [-0.05, 0) is 74.4 Å².